The maximum absolute atomic E-state index is 5.55. The molecular formula is C10H9ClN2O. The van der Waals surface area contributed by atoms with Gasteiger partial charge in [-0.15, -0.1) is 21.8 Å². The van der Waals surface area contributed by atoms with E-state index in [1.165, 1.54) is 0 Å². The van der Waals surface area contributed by atoms with Gasteiger partial charge in [-0.05, 0) is 5.56 Å². The lowest BCUT2D eigenvalue weighted by molar-refractivity contribution is 0.473. The maximum Gasteiger partial charge on any atom is 0.231 e. The molecule has 3 nitrogen and oxygen atoms in total. The Balaban J connectivity index is 2.11. The second-order valence-electron chi connectivity index (χ2n) is 2.89. The molecule has 1 heterocycles. The number of benzene rings is 1. The topological polar surface area (TPSA) is 38.9 Å². The lowest BCUT2D eigenvalue weighted by Gasteiger charge is -1.94. The fourth-order valence-electron chi connectivity index (χ4n) is 1.18. The molecule has 0 bridgehead atoms. The van der Waals surface area contributed by atoms with Crippen molar-refractivity contribution >= 4 is 11.6 Å². The molecule has 4 heteroatoms. The first kappa shape index (κ1) is 9.21. The third kappa shape index (κ3) is 2.12. The minimum atomic E-state index is 0.266. The van der Waals surface area contributed by atoms with Gasteiger partial charge < -0.3 is 4.42 Å². The lowest BCUT2D eigenvalue weighted by atomic mass is 10.2. The van der Waals surface area contributed by atoms with Crippen molar-refractivity contribution in [3.63, 3.8) is 0 Å². The molecular weight excluding hydrogens is 200 g/mol. The van der Waals surface area contributed by atoms with E-state index in [4.69, 9.17) is 16.0 Å². The predicted molar refractivity (Wildman–Crippen MR) is 53.1 cm³/mol. The molecule has 0 spiro atoms. The summed E-state index contributed by atoms with van der Waals surface area (Å²) < 4.78 is 5.28. The maximum atomic E-state index is 5.55. The van der Waals surface area contributed by atoms with Crippen molar-refractivity contribution in [3.05, 3.63) is 47.7 Å². The van der Waals surface area contributed by atoms with Crippen LogP contribution in [0, 0.1) is 0 Å². The van der Waals surface area contributed by atoms with E-state index in [1.54, 1.807) is 0 Å². The highest BCUT2D eigenvalue weighted by Gasteiger charge is 2.04. The van der Waals surface area contributed by atoms with E-state index in [-0.39, 0.29) is 5.88 Å². The molecule has 0 aliphatic heterocycles. The zero-order valence-electron chi connectivity index (χ0n) is 7.48. The molecule has 2 rings (SSSR count). The lowest BCUT2D eigenvalue weighted by Crippen LogP contribution is -1.87. The third-order valence-electron chi connectivity index (χ3n) is 1.82. The van der Waals surface area contributed by atoms with Crippen LogP contribution in [0.4, 0.5) is 0 Å². The van der Waals surface area contributed by atoms with Crippen LogP contribution in [0.25, 0.3) is 0 Å². The van der Waals surface area contributed by atoms with Crippen LogP contribution < -0.4 is 0 Å². The first-order valence-corrected chi connectivity index (χ1v) is 4.83. The number of hydrogen-bond acceptors (Lipinski definition) is 3. The fourth-order valence-corrected chi connectivity index (χ4v) is 1.29. The van der Waals surface area contributed by atoms with Gasteiger partial charge in [-0.25, -0.2) is 0 Å². The molecule has 1 aromatic carbocycles. The first-order chi connectivity index (χ1) is 6.88. The highest BCUT2D eigenvalue weighted by atomic mass is 35.5. The van der Waals surface area contributed by atoms with Crippen LogP contribution in [-0.4, -0.2) is 10.2 Å². The van der Waals surface area contributed by atoms with Crippen LogP contribution in [0.15, 0.2) is 34.7 Å². The van der Waals surface area contributed by atoms with Gasteiger partial charge in [0.2, 0.25) is 11.8 Å². The summed E-state index contributed by atoms with van der Waals surface area (Å²) >= 11 is 5.55. The number of alkyl halides is 1. The molecule has 0 unspecified atom stereocenters. The van der Waals surface area contributed by atoms with Gasteiger partial charge in [0.15, 0.2) is 0 Å². The van der Waals surface area contributed by atoms with Crippen molar-refractivity contribution in [1.29, 1.82) is 0 Å². The zero-order valence-corrected chi connectivity index (χ0v) is 8.24. The molecule has 0 aliphatic carbocycles. The monoisotopic (exact) mass is 208 g/mol. The second kappa shape index (κ2) is 4.24. The number of halogens is 1. The van der Waals surface area contributed by atoms with Crippen molar-refractivity contribution in [3.8, 4) is 0 Å². The third-order valence-corrected chi connectivity index (χ3v) is 2.05. The Morgan fingerprint density at radius 3 is 2.43 bits per heavy atom. The van der Waals surface area contributed by atoms with Gasteiger partial charge in [0, 0.05) is 0 Å². The van der Waals surface area contributed by atoms with Crippen LogP contribution in [0.2, 0.25) is 0 Å². The summed E-state index contributed by atoms with van der Waals surface area (Å²) in [4.78, 5) is 0. The fraction of sp³-hybridized carbons (Fsp3) is 0.200. The van der Waals surface area contributed by atoms with E-state index in [0.29, 0.717) is 18.2 Å². The van der Waals surface area contributed by atoms with Crippen molar-refractivity contribution in [2.24, 2.45) is 0 Å². The first-order valence-electron chi connectivity index (χ1n) is 4.29. The largest absolute Gasteiger partial charge is 0.424 e. The Morgan fingerprint density at radius 2 is 1.79 bits per heavy atom. The molecule has 0 saturated carbocycles. The molecule has 0 atom stereocenters. The van der Waals surface area contributed by atoms with Crippen molar-refractivity contribution in [2.75, 3.05) is 0 Å². The number of nitrogens with zero attached hydrogens (tertiary/aromatic N) is 2. The second-order valence-corrected chi connectivity index (χ2v) is 3.15. The van der Waals surface area contributed by atoms with E-state index in [0.717, 1.165) is 5.56 Å². The highest BCUT2D eigenvalue weighted by Crippen LogP contribution is 2.08. The van der Waals surface area contributed by atoms with Gasteiger partial charge in [-0.1, -0.05) is 30.3 Å². The van der Waals surface area contributed by atoms with Crippen LogP contribution in [0.1, 0.15) is 17.3 Å². The summed E-state index contributed by atoms with van der Waals surface area (Å²) in [5.41, 5.74) is 1.15. The molecule has 1 aromatic heterocycles. The van der Waals surface area contributed by atoms with Crippen LogP contribution in [0.3, 0.4) is 0 Å². The summed E-state index contributed by atoms with van der Waals surface area (Å²) in [5.74, 6) is 1.34. The summed E-state index contributed by atoms with van der Waals surface area (Å²) in [6.45, 7) is 0. The Labute approximate surface area is 86.7 Å². The zero-order chi connectivity index (χ0) is 9.80. The number of hydrogen-bond donors (Lipinski definition) is 0. The smallest absolute Gasteiger partial charge is 0.231 e. The number of aromatic nitrogens is 2. The molecule has 0 fully saturated rings. The van der Waals surface area contributed by atoms with Crippen molar-refractivity contribution in [1.82, 2.24) is 10.2 Å². The Kier molecular flexibility index (Phi) is 2.79. The van der Waals surface area contributed by atoms with Gasteiger partial charge in [-0.2, -0.15) is 0 Å². The highest BCUT2D eigenvalue weighted by molar-refractivity contribution is 6.16. The average Bonchev–Trinajstić information content (AvgIpc) is 2.67. The van der Waals surface area contributed by atoms with Gasteiger partial charge in [0.1, 0.15) is 5.88 Å². The minimum absolute atomic E-state index is 0.266. The minimum Gasteiger partial charge on any atom is -0.424 e. The van der Waals surface area contributed by atoms with E-state index in [2.05, 4.69) is 10.2 Å². The average molecular weight is 209 g/mol. The van der Waals surface area contributed by atoms with Crippen LogP contribution >= 0.6 is 11.6 Å². The van der Waals surface area contributed by atoms with Crippen molar-refractivity contribution < 1.29 is 4.42 Å². The van der Waals surface area contributed by atoms with Crippen molar-refractivity contribution in [2.45, 2.75) is 12.3 Å². The van der Waals surface area contributed by atoms with Gasteiger partial charge in [0.05, 0.1) is 6.42 Å². The summed E-state index contributed by atoms with van der Waals surface area (Å²) in [6.07, 6.45) is 0.657. The standard InChI is InChI=1S/C10H9ClN2O/c11-7-10-13-12-9(14-10)6-8-4-2-1-3-5-8/h1-5H,6-7H2. The van der Waals surface area contributed by atoms with Crippen LogP contribution in [0.5, 0.6) is 0 Å². The SMILES string of the molecule is ClCc1nnc(Cc2ccccc2)o1. The summed E-state index contributed by atoms with van der Waals surface area (Å²) in [6, 6.07) is 9.97. The van der Waals surface area contributed by atoms with Gasteiger partial charge in [0.25, 0.3) is 0 Å². The molecule has 0 radical (unpaired) electrons. The normalized spacial score (nSPS) is 10.4. The predicted octanol–water partition coefficient (Wildman–Crippen LogP) is 2.40. The molecule has 0 saturated heterocycles. The summed E-state index contributed by atoms with van der Waals surface area (Å²) in [7, 11) is 0. The van der Waals surface area contributed by atoms with Gasteiger partial charge >= 0.3 is 0 Å². The molecule has 72 valence electrons. The molecule has 14 heavy (non-hydrogen) atoms. The van der Waals surface area contributed by atoms with Crippen LogP contribution in [-0.2, 0) is 12.3 Å². The van der Waals surface area contributed by atoms with E-state index in [1.807, 2.05) is 30.3 Å². The molecule has 2 aromatic rings. The molecule has 0 N–H and O–H groups in total. The molecule has 0 amide bonds. The van der Waals surface area contributed by atoms with E-state index in [9.17, 15) is 0 Å². The summed E-state index contributed by atoms with van der Waals surface area (Å²) in [5, 5.41) is 7.66. The van der Waals surface area contributed by atoms with E-state index < -0.39 is 0 Å². The van der Waals surface area contributed by atoms with E-state index >= 15 is 0 Å². The molecule has 0 aliphatic rings. The number of rotatable bonds is 3. The Morgan fingerprint density at radius 1 is 1.07 bits per heavy atom. The quantitative estimate of drug-likeness (QED) is 0.728. The Bertz CT molecular complexity index is 400. The van der Waals surface area contributed by atoms with Gasteiger partial charge in [-0.3, -0.25) is 0 Å². The Hall–Kier alpha value is -1.35.